The molecule has 1 atom stereocenters. The van der Waals surface area contributed by atoms with E-state index in [1.807, 2.05) is 35.4 Å². The van der Waals surface area contributed by atoms with Crippen molar-refractivity contribution < 1.29 is 14.3 Å². The van der Waals surface area contributed by atoms with Crippen molar-refractivity contribution in [3.05, 3.63) is 53.9 Å². The average molecular weight is 354 g/mol. The molecule has 2 aromatic rings. The normalized spacial score (nSPS) is 17.0. The quantitative estimate of drug-likeness (QED) is 0.793. The fourth-order valence-electron chi connectivity index (χ4n) is 3.56. The number of benzene rings is 1. The van der Waals surface area contributed by atoms with Gasteiger partial charge in [-0.3, -0.25) is 9.78 Å². The topological polar surface area (TPSA) is 51.7 Å². The van der Waals surface area contributed by atoms with Crippen LogP contribution in [0.5, 0.6) is 11.5 Å². The molecule has 1 fully saturated rings. The average Bonchev–Trinajstić information content (AvgIpc) is 2.72. The molecule has 5 heteroatoms. The molecular formula is C21H26N2O3. The van der Waals surface area contributed by atoms with Crippen molar-refractivity contribution in [1.29, 1.82) is 0 Å². The van der Waals surface area contributed by atoms with Gasteiger partial charge in [-0.05, 0) is 56.4 Å². The van der Waals surface area contributed by atoms with Gasteiger partial charge < -0.3 is 14.4 Å². The number of rotatable bonds is 6. The van der Waals surface area contributed by atoms with E-state index in [4.69, 9.17) is 9.47 Å². The molecule has 138 valence electrons. The van der Waals surface area contributed by atoms with E-state index in [9.17, 15) is 4.79 Å². The van der Waals surface area contributed by atoms with Crippen LogP contribution in [0.25, 0.3) is 0 Å². The van der Waals surface area contributed by atoms with Crippen LogP contribution in [0, 0.1) is 0 Å². The second-order valence-corrected chi connectivity index (χ2v) is 6.57. The van der Waals surface area contributed by atoms with Crippen molar-refractivity contribution in [3.8, 4) is 11.5 Å². The first kappa shape index (κ1) is 18.2. The molecule has 0 aliphatic carbocycles. The minimum atomic E-state index is 0.0372. The molecule has 1 saturated heterocycles. The minimum Gasteiger partial charge on any atom is -0.497 e. The first-order chi connectivity index (χ1) is 12.7. The second-order valence-electron chi connectivity index (χ2n) is 6.57. The first-order valence-electron chi connectivity index (χ1n) is 9.16. The first-order valence-corrected chi connectivity index (χ1v) is 9.16. The predicted molar refractivity (Wildman–Crippen MR) is 101 cm³/mol. The second kappa shape index (κ2) is 8.70. The smallest absolute Gasteiger partial charge is 0.257 e. The summed E-state index contributed by atoms with van der Waals surface area (Å²) in [4.78, 5) is 19.6. The summed E-state index contributed by atoms with van der Waals surface area (Å²) in [6, 6.07) is 11.6. The lowest BCUT2D eigenvalue weighted by Crippen LogP contribution is -2.44. The third-order valence-electron chi connectivity index (χ3n) is 4.99. The van der Waals surface area contributed by atoms with Crippen molar-refractivity contribution in [3.63, 3.8) is 0 Å². The SMILES string of the molecule is COc1ccc(C(=O)N2CCCC[C@H]2CCc2ccccn2)c(OC)c1. The highest BCUT2D eigenvalue weighted by atomic mass is 16.5. The number of aryl methyl sites for hydroxylation is 1. The minimum absolute atomic E-state index is 0.0372. The monoisotopic (exact) mass is 354 g/mol. The van der Waals surface area contributed by atoms with Gasteiger partial charge in [0.1, 0.15) is 11.5 Å². The van der Waals surface area contributed by atoms with Crippen LogP contribution in [0.3, 0.4) is 0 Å². The molecule has 0 radical (unpaired) electrons. The Morgan fingerprint density at radius 2 is 2.08 bits per heavy atom. The third-order valence-corrected chi connectivity index (χ3v) is 4.99. The number of amides is 1. The van der Waals surface area contributed by atoms with Crippen LogP contribution in [0.4, 0.5) is 0 Å². The van der Waals surface area contributed by atoms with E-state index in [1.165, 1.54) is 0 Å². The van der Waals surface area contributed by atoms with Gasteiger partial charge in [0.2, 0.25) is 0 Å². The lowest BCUT2D eigenvalue weighted by Gasteiger charge is -2.36. The van der Waals surface area contributed by atoms with Gasteiger partial charge in [0.25, 0.3) is 5.91 Å². The van der Waals surface area contributed by atoms with Crippen LogP contribution in [-0.4, -0.2) is 42.6 Å². The summed E-state index contributed by atoms with van der Waals surface area (Å²) < 4.78 is 10.7. The van der Waals surface area contributed by atoms with E-state index in [1.54, 1.807) is 26.4 Å². The lowest BCUT2D eigenvalue weighted by atomic mass is 9.96. The van der Waals surface area contributed by atoms with Crippen LogP contribution in [0.15, 0.2) is 42.6 Å². The number of likely N-dealkylation sites (tertiary alicyclic amines) is 1. The highest BCUT2D eigenvalue weighted by molar-refractivity contribution is 5.97. The number of aromatic nitrogens is 1. The largest absolute Gasteiger partial charge is 0.497 e. The number of ether oxygens (including phenoxy) is 2. The summed E-state index contributed by atoms with van der Waals surface area (Å²) in [5, 5.41) is 0. The Morgan fingerprint density at radius 1 is 1.19 bits per heavy atom. The predicted octanol–water partition coefficient (Wildman–Crippen LogP) is 3.73. The van der Waals surface area contributed by atoms with Crippen molar-refractivity contribution in [2.75, 3.05) is 20.8 Å². The Balaban J connectivity index is 1.75. The molecule has 1 aliphatic heterocycles. The van der Waals surface area contributed by atoms with Crippen molar-refractivity contribution in [2.45, 2.75) is 38.1 Å². The highest BCUT2D eigenvalue weighted by Gasteiger charge is 2.29. The van der Waals surface area contributed by atoms with Crippen molar-refractivity contribution >= 4 is 5.91 Å². The van der Waals surface area contributed by atoms with Gasteiger partial charge in [0.05, 0.1) is 19.8 Å². The Hall–Kier alpha value is -2.56. The number of piperidine rings is 1. The molecule has 0 spiro atoms. The fourth-order valence-corrected chi connectivity index (χ4v) is 3.56. The van der Waals surface area contributed by atoms with Gasteiger partial charge in [0.15, 0.2) is 0 Å². The standard InChI is InChI=1S/C21H26N2O3/c1-25-18-11-12-19(20(15-18)26-2)21(24)23-14-6-4-8-17(23)10-9-16-7-3-5-13-22-16/h3,5,7,11-13,15,17H,4,6,8-10,14H2,1-2H3/t17-/m0/s1. The van der Waals surface area contributed by atoms with E-state index >= 15 is 0 Å². The summed E-state index contributed by atoms with van der Waals surface area (Å²) >= 11 is 0. The maximum absolute atomic E-state index is 13.2. The van der Waals surface area contributed by atoms with E-state index in [0.717, 1.165) is 44.3 Å². The molecule has 3 rings (SSSR count). The summed E-state index contributed by atoms with van der Waals surface area (Å²) in [6.45, 7) is 0.793. The van der Waals surface area contributed by atoms with Gasteiger partial charge in [-0.1, -0.05) is 6.07 Å². The number of hydrogen-bond donors (Lipinski definition) is 0. The van der Waals surface area contributed by atoms with E-state index < -0.39 is 0 Å². The summed E-state index contributed by atoms with van der Waals surface area (Å²) in [5.74, 6) is 1.28. The summed E-state index contributed by atoms with van der Waals surface area (Å²) in [7, 11) is 3.19. The van der Waals surface area contributed by atoms with Gasteiger partial charge in [-0.2, -0.15) is 0 Å². The molecule has 2 heterocycles. The van der Waals surface area contributed by atoms with E-state index in [2.05, 4.69) is 4.98 Å². The van der Waals surface area contributed by atoms with E-state index in [0.29, 0.717) is 17.1 Å². The maximum atomic E-state index is 13.2. The Bertz CT molecular complexity index is 733. The van der Waals surface area contributed by atoms with Gasteiger partial charge in [0, 0.05) is 30.5 Å². The number of pyridine rings is 1. The van der Waals surface area contributed by atoms with Gasteiger partial charge in [-0.25, -0.2) is 0 Å². The summed E-state index contributed by atoms with van der Waals surface area (Å²) in [5.41, 5.74) is 1.67. The Labute approximate surface area is 155 Å². The zero-order chi connectivity index (χ0) is 18.4. The molecule has 26 heavy (non-hydrogen) atoms. The van der Waals surface area contributed by atoms with Crippen molar-refractivity contribution in [1.82, 2.24) is 9.88 Å². The van der Waals surface area contributed by atoms with Gasteiger partial charge in [-0.15, -0.1) is 0 Å². The molecule has 0 N–H and O–H groups in total. The zero-order valence-corrected chi connectivity index (χ0v) is 15.5. The molecule has 0 bridgehead atoms. The highest BCUT2D eigenvalue weighted by Crippen LogP contribution is 2.29. The Morgan fingerprint density at radius 3 is 2.81 bits per heavy atom. The van der Waals surface area contributed by atoms with Crippen LogP contribution in [-0.2, 0) is 6.42 Å². The number of carbonyl (C=O) groups is 1. The molecule has 0 unspecified atom stereocenters. The van der Waals surface area contributed by atoms with Gasteiger partial charge >= 0.3 is 0 Å². The number of hydrogen-bond acceptors (Lipinski definition) is 4. The van der Waals surface area contributed by atoms with Crippen LogP contribution in [0.1, 0.15) is 41.7 Å². The third kappa shape index (κ3) is 4.15. The molecule has 1 aromatic heterocycles. The maximum Gasteiger partial charge on any atom is 0.257 e. The molecule has 1 amide bonds. The summed E-state index contributed by atoms with van der Waals surface area (Å²) in [6.07, 6.45) is 6.88. The molecule has 0 saturated carbocycles. The molecule has 1 aromatic carbocycles. The molecule has 1 aliphatic rings. The van der Waals surface area contributed by atoms with Crippen LogP contribution < -0.4 is 9.47 Å². The number of methoxy groups -OCH3 is 2. The zero-order valence-electron chi connectivity index (χ0n) is 15.5. The fraction of sp³-hybridized carbons (Fsp3) is 0.429. The lowest BCUT2D eigenvalue weighted by molar-refractivity contribution is 0.0598. The van der Waals surface area contributed by atoms with Crippen LogP contribution in [0.2, 0.25) is 0 Å². The Kier molecular flexibility index (Phi) is 6.10. The van der Waals surface area contributed by atoms with E-state index in [-0.39, 0.29) is 11.9 Å². The number of carbonyl (C=O) groups excluding carboxylic acids is 1. The van der Waals surface area contributed by atoms with Crippen molar-refractivity contribution in [2.24, 2.45) is 0 Å². The molecular weight excluding hydrogens is 328 g/mol. The number of nitrogens with zero attached hydrogens (tertiary/aromatic N) is 2. The van der Waals surface area contributed by atoms with Crippen LogP contribution >= 0.6 is 0 Å². The molecule has 5 nitrogen and oxygen atoms in total.